The van der Waals surface area contributed by atoms with Gasteiger partial charge in [0.2, 0.25) is 0 Å². The van der Waals surface area contributed by atoms with Crippen LogP contribution in [0.15, 0.2) is 0 Å². The topological polar surface area (TPSA) is 47.7 Å². The molecule has 2 aliphatic heterocycles. The van der Waals surface area contributed by atoms with Gasteiger partial charge in [-0.15, -0.1) is 0 Å². The molecule has 0 aromatic carbocycles. The molecular weight excluding hydrogens is 180 g/mol. The van der Waals surface area contributed by atoms with Gasteiger partial charge in [-0.2, -0.15) is 0 Å². The molecule has 4 heteroatoms. The zero-order chi connectivity index (χ0) is 10.0. The Kier molecular flexibility index (Phi) is 3.07. The predicted molar refractivity (Wildman–Crippen MR) is 54.2 cm³/mol. The van der Waals surface area contributed by atoms with Gasteiger partial charge in [-0.1, -0.05) is 0 Å². The van der Waals surface area contributed by atoms with Crippen LogP contribution in [0.5, 0.6) is 0 Å². The van der Waals surface area contributed by atoms with Gasteiger partial charge in [-0.05, 0) is 13.3 Å². The lowest BCUT2D eigenvalue weighted by Gasteiger charge is -2.45. The molecule has 82 valence electrons. The molecule has 2 fully saturated rings. The van der Waals surface area contributed by atoms with Crippen LogP contribution in [0.3, 0.4) is 0 Å². The molecule has 2 saturated heterocycles. The van der Waals surface area contributed by atoms with Crippen molar-refractivity contribution in [2.45, 2.75) is 24.9 Å². The second-order valence-electron chi connectivity index (χ2n) is 4.35. The molecule has 0 saturated carbocycles. The molecule has 0 amide bonds. The van der Waals surface area contributed by atoms with Gasteiger partial charge in [-0.25, -0.2) is 0 Å². The number of nitrogens with two attached hydrogens (primary N) is 1. The summed E-state index contributed by atoms with van der Waals surface area (Å²) in [5.74, 6) is 0. The van der Waals surface area contributed by atoms with Crippen molar-refractivity contribution in [3.05, 3.63) is 0 Å². The first kappa shape index (κ1) is 10.4. The van der Waals surface area contributed by atoms with Crippen molar-refractivity contribution >= 4 is 0 Å². The molecule has 0 bridgehead atoms. The maximum atomic E-state index is 5.90. The van der Waals surface area contributed by atoms with E-state index in [1.165, 1.54) is 0 Å². The number of nitrogens with zero attached hydrogens (tertiary/aromatic N) is 1. The van der Waals surface area contributed by atoms with Crippen LogP contribution in [-0.2, 0) is 9.47 Å². The van der Waals surface area contributed by atoms with Crippen LogP contribution in [0.1, 0.15) is 13.3 Å². The normalized spacial score (nSPS) is 40.3. The average Bonchev–Trinajstić information content (AvgIpc) is 2.68. The highest BCUT2D eigenvalue weighted by molar-refractivity contribution is 4.97. The third-order valence-corrected chi connectivity index (χ3v) is 3.44. The molecule has 2 aliphatic rings. The highest BCUT2D eigenvalue weighted by Gasteiger charge is 2.42. The van der Waals surface area contributed by atoms with Gasteiger partial charge in [0.25, 0.3) is 0 Å². The van der Waals surface area contributed by atoms with E-state index in [1.807, 2.05) is 0 Å². The zero-order valence-corrected chi connectivity index (χ0v) is 8.87. The van der Waals surface area contributed by atoms with Crippen molar-refractivity contribution < 1.29 is 9.47 Å². The molecule has 0 aromatic heterocycles. The van der Waals surface area contributed by atoms with Gasteiger partial charge in [-0.3, -0.25) is 4.90 Å². The summed E-state index contributed by atoms with van der Waals surface area (Å²) in [5.41, 5.74) is 5.99. The molecular formula is C10H20N2O2. The van der Waals surface area contributed by atoms with Crippen molar-refractivity contribution in [3.8, 4) is 0 Å². The summed E-state index contributed by atoms with van der Waals surface area (Å²) in [6.07, 6.45) is 1.06. The molecule has 4 nitrogen and oxygen atoms in total. The minimum absolute atomic E-state index is 0.0865. The molecule has 0 radical (unpaired) electrons. The zero-order valence-electron chi connectivity index (χ0n) is 8.87. The summed E-state index contributed by atoms with van der Waals surface area (Å²) in [4.78, 5) is 2.48. The van der Waals surface area contributed by atoms with Gasteiger partial charge in [0.15, 0.2) is 0 Å². The Morgan fingerprint density at radius 3 is 2.86 bits per heavy atom. The lowest BCUT2D eigenvalue weighted by molar-refractivity contribution is -0.0581. The van der Waals surface area contributed by atoms with E-state index in [0.717, 1.165) is 39.4 Å². The maximum absolute atomic E-state index is 5.90. The smallest absolute Gasteiger partial charge is 0.0663 e. The number of morpholine rings is 1. The van der Waals surface area contributed by atoms with Gasteiger partial charge in [0, 0.05) is 25.7 Å². The Balaban J connectivity index is 2.09. The molecule has 2 atom stereocenters. The van der Waals surface area contributed by atoms with Crippen molar-refractivity contribution in [2.24, 2.45) is 5.73 Å². The third-order valence-electron chi connectivity index (χ3n) is 3.44. The van der Waals surface area contributed by atoms with Crippen LogP contribution in [0.4, 0.5) is 0 Å². The predicted octanol–water partition coefficient (Wildman–Crippen LogP) is -0.175. The SMILES string of the molecule is CC1COCCN1C1(CN)CCOC1. The highest BCUT2D eigenvalue weighted by Crippen LogP contribution is 2.28. The van der Waals surface area contributed by atoms with E-state index in [1.54, 1.807) is 0 Å². The standard InChI is InChI=1S/C10H20N2O2/c1-9-6-13-5-3-12(9)10(7-11)2-4-14-8-10/h9H,2-8,11H2,1H3. The molecule has 2 N–H and O–H groups in total. The van der Waals surface area contributed by atoms with Gasteiger partial charge >= 0.3 is 0 Å². The second-order valence-corrected chi connectivity index (χ2v) is 4.35. The molecule has 2 unspecified atom stereocenters. The number of hydrogen-bond donors (Lipinski definition) is 1. The third kappa shape index (κ3) is 1.67. The van der Waals surface area contributed by atoms with Gasteiger partial charge in [0.05, 0.1) is 25.4 Å². The van der Waals surface area contributed by atoms with Crippen LogP contribution < -0.4 is 5.73 Å². The quantitative estimate of drug-likeness (QED) is 0.672. The van der Waals surface area contributed by atoms with E-state index in [0.29, 0.717) is 12.6 Å². The highest BCUT2D eigenvalue weighted by atomic mass is 16.5. The van der Waals surface area contributed by atoms with Crippen LogP contribution in [0, 0.1) is 0 Å². The van der Waals surface area contributed by atoms with Crippen molar-refractivity contribution in [3.63, 3.8) is 0 Å². The Labute approximate surface area is 85.3 Å². The molecule has 0 spiro atoms. The summed E-state index contributed by atoms with van der Waals surface area (Å²) in [7, 11) is 0. The van der Waals surface area contributed by atoms with Crippen molar-refractivity contribution in [2.75, 3.05) is 39.5 Å². The Morgan fingerprint density at radius 1 is 1.43 bits per heavy atom. The Morgan fingerprint density at radius 2 is 2.29 bits per heavy atom. The number of hydrogen-bond acceptors (Lipinski definition) is 4. The maximum Gasteiger partial charge on any atom is 0.0663 e. The summed E-state index contributed by atoms with van der Waals surface area (Å²) in [6.45, 7) is 7.16. The fourth-order valence-electron chi connectivity index (χ4n) is 2.53. The summed E-state index contributed by atoms with van der Waals surface area (Å²) in [5, 5.41) is 0. The van der Waals surface area contributed by atoms with Gasteiger partial charge in [0.1, 0.15) is 0 Å². The largest absolute Gasteiger partial charge is 0.379 e. The minimum Gasteiger partial charge on any atom is -0.379 e. The number of ether oxygens (including phenoxy) is 2. The lowest BCUT2D eigenvalue weighted by atomic mass is 9.94. The fraction of sp³-hybridized carbons (Fsp3) is 1.00. The van der Waals surface area contributed by atoms with E-state index in [2.05, 4.69) is 11.8 Å². The molecule has 0 aliphatic carbocycles. The minimum atomic E-state index is 0.0865. The van der Waals surface area contributed by atoms with E-state index in [-0.39, 0.29) is 5.54 Å². The Hall–Kier alpha value is -0.160. The van der Waals surface area contributed by atoms with E-state index in [4.69, 9.17) is 15.2 Å². The van der Waals surface area contributed by atoms with Crippen molar-refractivity contribution in [1.82, 2.24) is 4.90 Å². The van der Waals surface area contributed by atoms with Crippen LogP contribution >= 0.6 is 0 Å². The summed E-state index contributed by atoms with van der Waals surface area (Å²) < 4.78 is 10.9. The Bertz CT molecular complexity index is 193. The van der Waals surface area contributed by atoms with Gasteiger partial charge < -0.3 is 15.2 Å². The molecule has 0 aromatic rings. The molecule has 14 heavy (non-hydrogen) atoms. The first-order valence-electron chi connectivity index (χ1n) is 5.41. The lowest BCUT2D eigenvalue weighted by Crippen LogP contribution is -2.61. The average molecular weight is 200 g/mol. The van der Waals surface area contributed by atoms with E-state index < -0.39 is 0 Å². The fourth-order valence-corrected chi connectivity index (χ4v) is 2.53. The molecule has 2 heterocycles. The van der Waals surface area contributed by atoms with Crippen molar-refractivity contribution in [1.29, 1.82) is 0 Å². The molecule has 2 rings (SSSR count). The van der Waals surface area contributed by atoms with Crippen LogP contribution in [0.2, 0.25) is 0 Å². The van der Waals surface area contributed by atoms with Crippen LogP contribution in [-0.4, -0.2) is 56.0 Å². The second kappa shape index (κ2) is 4.14. The number of rotatable bonds is 2. The first-order valence-corrected chi connectivity index (χ1v) is 5.41. The van der Waals surface area contributed by atoms with E-state index >= 15 is 0 Å². The van der Waals surface area contributed by atoms with E-state index in [9.17, 15) is 0 Å². The van der Waals surface area contributed by atoms with Crippen LogP contribution in [0.25, 0.3) is 0 Å². The first-order chi connectivity index (χ1) is 6.78. The summed E-state index contributed by atoms with van der Waals surface area (Å²) in [6, 6.07) is 0.467. The monoisotopic (exact) mass is 200 g/mol. The summed E-state index contributed by atoms with van der Waals surface area (Å²) >= 11 is 0.